The number of amides is 1. The minimum absolute atomic E-state index is 0.0407. The fourth-order valence-electron chi connectivity index (χ4n) is 1.65. The van der Waals surface area contributed by atoms with Crippen molar-refractivity contribution in [3.8, 4) is 0 Å². The summed E-state index contributed by atoms with van der Waals surface area (Å²) in [7, 11) is 0. The highest BCUT2D eigenvalue weighted by Crippen LogP contribution is 2.27. The molecule has 0 aromatic carbocycles. The van der Waals surface area contributed by atoms with Crippen molar-refractivity contribution < 1.29 is 9.90 Å². The fourth-order valence-corrected chi connectivity index (χ4v) is 2.49. The number of rotatable bonds is 4. The van der Waals surface area contributed by atoms with Crippen molar-refractivity contribution in [2.45, 2.75) is 46.1 Å². The molecule has 0 unspecified atom stereocenters. The molecule has 5 nitrogen and oxygen atoms in total. The summed E-state index contributed by atoms with van der Waals surface area (Å²) in [4.78, 5) is 14.7. The first-order valence-electron chi connectivity index (χ1n) is 6.03. The first-order chi connectivity index (χ1) is 8.29. The average molecular weight is 271 g/mol. The summed E-state index contributed by atoms with van der Waals surface area (Å²) in [6.45, 7) is 10.2. The van der Waals surface area contributed by atoms with Gasteiger partial charge in [0.05, 0.1) is 12.3 Å². The van der Waals surface area contributed by atoms with Gasteiger partial charge in [0.25, 0.3) is 5.91 Å². The van der Waals surface area contributed by atoms with Gasteiger partial charge in [-0.1, -0.05) is 25.3 Å². The zero-order chi connectivity index (χ0) is 13.9. The molecule has 1 aromatic heterocycles. The van der Waals surface area contributed by atoms with E-state index in [-0.39, 0.29) is 24.0 Å². The molecular weight excluding hydrogens is 250 g/mol. The summed E-state index contributed by atoms with van der Waals surface area (Å²) in [6.07, 6.45) is 0. The summed E-state index contributed by atoms with van der Waals surface area (Å²) in [6, 6.07) is 0.0413. The van der Waals surface area contributed by atoms with Crippen molar-refractivity contribution in [2.75, 3.05) is 13.2 Å². The van der Waals surface area contributed by atoms with Crippen LogP contribution in [-0.2, 0) is 5.41 Å². The van der Waals surface area contributed by atoms with E-state index in [1.165, 1.54) is 0 Å². The molecule has 1 rings (SSSR count). The quantitative estimate of drug-likeness (QED) is 0.904. The Kier molecular flexibility index (Phi) is 4.81. The molecule has 0 aliphatic heterocycles. The second-order valence-electron chi connectivity index (χ2n) is 5.52. The molecule has 1 amide bonds. The van der Waals surface area contributed by atoms with Crippen LogP contribution in [0, 0.1) is 0 Å². The molecule has 1 aromatic rings. The second kappa shape index (κ2) is 5.75. The van der Waals surface area contributed by atoms with Crippen molar-refractivity contribution in [3.63, 3.8) is 0 Å². The van der Waals surface area contributed by atoms with E-state index < -0.39 is 0 Å². The Morgan fingerprint density at radius 3 is 2.50 bits per heavy atom. The Labute approximate surface area is 112 Å². The predicted molar refractivity (Wildman–Crippen MR) is 71.9 cm³/mol. The van der Waals surface area contributed by atoms with Crippen LogP contribution in [0.15, 0.2) is 0 Å². The third-order valence-corrected chi connectivity index (χ3v) is 3.33. The van der Waals surface area contributed by atoms with Crippen LogP contribution < -0.4 is 0 Å². The van der Waals surface area contributed by atoms with Crippen LogP contribution in [0.1, 0.15) is 50.0 Å². The van der Waals surface area contributed by atoms with Crippen LogP contribution >= 0.6 is 11.5 Å². The van der Waals surface area contributed by atoms with Crippen molar-refractivity contribution in [1.82, 2.24) is 14.5 Å². The van der Waals surface area contributed by atoms with Crippen molar-refractivity contribution in [1.29, 1.82) is 0 Å². The number of carbonyl (C=O) groups is 1. The Hall–Kier alpha value is -1.01. The van der Waals surface area contributed by atoms with E-state index in [2.05, 4.69) is 9.59 Å². The number of carbonyl (C=O) groups excluding carboxylic acids is 1. The van der Waals surface area contributed by atoms with Gasteiger partial charge in [0.1, 0.15) is 4.88 Å². The highest BCUT2D eigenvalue weighted by atomic mass is 32.1. The molecule has 0 spiro atoms. The summed E-state index contributed by atoms with van der Waals surface area (Å²) in [5.74, 6) is -0.0982. The van der Waals surface area contributed by atoms with Gasteiger partial charge >= 0.3 is 0 Å². The smallest absolute Gasteiger partial charge is 0.267 e. The van der Waals surface area contributed by atoms with Crippen LogP contribution in [0.3, 0.4) is 0 Å². The molecule has 0 radical (unpaired) electrons. The van der Waals surface area contributed by atoms with E-state index in [1.54, 1.807) is 4.90 Å². The molecule has 102 valence electrons. The molecule has 1 N–H and O–H groups in total. The average Bonchev–Trinajstić information content (AvgIpc) is 2.72. The van der Waals surface area contributed by atoms with E-state index in [0.717, 1.165) is 17.2 Å². The zero-order valence-corrected chi connectivity index (χ0v) is 12.4. The maximum absolute atomic E-state index is 12.5. The van der Waals surface area contributed by atoms with Crippen LogP contribution in [0.2, 0.25) is 0 Å². The third-order valence-electron chi connectivity index (χ3n) is 2.62. The lowest BCUT2D eigenvalue weighted by Crippen LogP contribution is -2.39. The van der Waals surface area contributed by atoms with Gasteiger partial charge in [-0.25, -0.2) is 0 Å². The summed E-state index contributed by atoms with van der Waals surface area (Å²) in [5.41, 5.74) is 0.515. The van der Waals surface area contributed by atoms with E-state index in [9.17, 15) is 4.79 Å². The molecular formula is C12H21N3O2S. The predicted octanol–water partition coefficient (Wildman–Crippen LogP) is 1.68. The Morgan fingerprint density at radius 1 is 1.44 bits per heavy atom. The first kappa shape index (κ1) is 15.0. The normalized spacial score (nSPS) is 11.9. The van der Waals surface area contributed by atoms with Gasteiger partial charge in [-0.15, -0.1) is 5.10 Å². The summed E-state index contributed by atoms with van der Waals surface area (Å²) in [5, 5.41) is 13.1. The zero-order valence-electron chi connectivity index (χ0n) is 11.6. The molecule has 1 heterocycles. The molecule has 0 fully saturated rings. The van der Waals surface area contributed by atoms with Gasteiger partial charge in [0.2, 0.25) is 0 Å². The number of nitrogens with zero attached hydrogens (tertiary/aromatic N) is 3. The van der Waals surface area contributed by atoms with Gasteiger partial charge in [-0.2, -0.15) is 0 Å². The maximum Gasteiger partial charge on any atom is 0.267 e. The molecule has 0 bridgehead atoms. The Morgan fingerprint density at radius 2 is 2.06 bits per heavy atom. The minimum atomic E-state index is -0.208. The molecule has 0 aliphatic rings. The lowest BCUT2D eigenvalue weighted by atomic mass is 9.91. The molecule has 0 saturated heterocycles. The molecule has 0 atom stereocenters. The Balaban J connectivity index is 3.06. The highest BCUT2D eigenvalue weighted by molar-refractivity contribution is 7.08. The lowest BCUT2D eigenvalue weighted by molar-refractivity contribution is 0.0667. The van der Waals surface area contributed by atoms with Crippen LogP contribution in [-0.4, -0.2) is 44.7 Å². The van der Waals surface area contributed by atoms with Crippen molar-refractivity contribution in [3.05, 3.63) is 10.6 Å². The van der Waals surface area contributed by atoms with Gasteiger partial charge < -0.3 is 10.0 Å². The van der Waals surface area contributed by atoms with Crippen LogP contribution in [0.4, 0.5) is 0 Å². The maximum atomic E-state index is 12.5. The number of hydrogen-bond acceptors (Lipinski definition) is 5. The van der Waals surface area contributed by atoms with Crippen LogP contribution in [0.5, 0.6) is 0 Å². The standard InChI is InChI=1S/C12H21N3O2S/c1-8(2)15(6-7-16)11(17)9-10(12(3,4)5)13-14-18-9/h8,16H,6-7H2,1-5H3. The van der Waals surface area contributed by atoms with Crippen LogP contribution in [0.25, 0.3) is 0 Å². The van der Waals surface area contributed by atoms with Crippen molar-refractivity contribution in [2.24, 2.45) is 0 Å². The number of aliphatic hydroxyl groups is 1. The molecule has 6 heteroatoms. The fraction of sp³-hybridized carbons (Fsp3) is 0.750. The van der Waals surface area contributed by atoms with Gasteiger partial charge in [0, 0.05) is 18.0 Å². The van der Waals surface area contributed by atoms with Gasteiger partial charge in [-0.05, 0) is 25.4 Å². The van der Waals surface area contributed by atoms with E-state index in [4.69, 9.17) is 5.11 Å². The largest absolute Gasteiger partial charge is 0.395 e. The van der Waals surface area contributed by atoms with E-state index in [1.807, 2.05) is 34.6 Å². The SMILES string of the molecule is CC(C)N(CCO)C(=O)c1snnc1C(C)(C)C. The Bertz CT molecular complexity index is 410. The third kappa shape index (κ3) is 3.26. The highest BCUT2D eigenvalue weighted by Gasteiger charge is 2.29. The lowest BCUT2D eigenvalue weighted by Gasteiger charge is -2.26. The van der Waals surface area contributed by atoms with E-state index >= 15 is 0 Å². The second-order valence-corrected chi connectivity index (χ2v) is 6.27. The molecule has 0 aliphatic carbocycles. The topological polar surface area (TPSA) is 66.3 Å². The van der Waals surface area contributed by atoms with Gasteiger partial charge in [-0.3, -0.25) is 4.79 Å². The summed E-state index contributed by atoms with van der Waals surface area (Å²) < 4.78 is 3.89. The molecule has 0 saturated carbocycles. The number of aliphatic hydroxyl groups excluding tert-OH is 1. The number of hydrogen-bond donors (Lipinski definition) is 1. The van der Waals surface area contributed by atoms with E-state index in [0.29, 0.717) is 11.4 Å². The monoisotopic (exact) mass is 271 g/mol. The van der Waals surface area contributed by atoms with Crippen molar-refractivity contribution >= 4 is 17.4 Å². The summed E-state index contributed by atoms with van der Waals surface area (Å²) >= 11 is 1.12. The first-order valence-corrected chi connectivity index (χ1v) is 6.81. The minimum Gasteiger partial charge on any atom is -0.395 e. The van der Waals surface area contributed by atoms with Gasteiger partial charge in [0.15, 0.2) is 0 Å². The molecule has 18 heavy (non-hydrogen) atoms. The number of aromatic nitrogens is 2.